The Morgan fingerprint density at radius 3 is 1.53 bits per heavy atom. The van der Waals surface area contributed by atoms with Crippen molar-refractivity contribution >= 4 is 96.6 Å². The van der Waals surface area contributed by atoms with E-state index in [1.807, 2.05) is 4.93 Å². The Hall–Kier alpha value is -2.50. The number of nitrogens with zero attached hydrogens (tertiary/aromatic N) is 9. The first-order valence-electron chi connectivity index (χ1n) is 21.4. The Morgan fingerprint density at radius 2 is 1.11 bits per heavy atom. The van der Waals surface area contributed by atoms with Crippen molar-refractivity contribution in [2.75, 3.05) is 71.4 Å². The van der Waals surface area contributed by atoms with Crippen molar-refractivity contribution in [3.05, 3.63) is 63.2 Å². The molecule has 10 rings (SSSR count). The summed E-state index contributed by atoms with van der Waals surface area (Å²) in [6, 6.07) is 0. The highest BCUT2D eigenvalue weighted by atomic mass is 127. The molecule has 2 atom stereocenters. The van der Waals surface area contributed by atoms with Crippen LogP contribution in [-0.2, 0) is 34.4 Å². The number of aliphatic hydroxyl groups excluding tert-OH is 2. The first-order valence-corrected chi connectivity index (χ1v) is 27.3. The molecular formula is C44H66Cl3IN12O4S2. The molecule has 0 radical (unpaired) electrons. The van der Waals surface area contributed by atoms with E-state index in [1.165, 1.54) is 0 Å². The fourth-order valence-corrected chi connectivity index (χ4v) is 11.5. The highest BCUT2D eigenvalue weighted by Gasteiger charge is 2.40. The number of hydrogen-bond acceptors (Lipinski definition) is 16. The van der Waals surface area contributed by atoms with Crippen LogP contribution in [0.5, 0.6) is 0 Å². The number of piperidine rings is 2. The molecule has 5 N–H and O–H groups in total. The van der Waals surface area contributed by atoms with Crippen LogP contribution in [0.15, 0.2) is 34.6 Å². The lowest BCUT2D eigenvalue weighted by Crippen LogP contribution is -2.49. The van der Waals surface area contributed by atoms with Crippen molar-refractivity contribution in [3.8, 4) is 0 Å². The summed E-state index contributed by atoms with van der Waals surface area (Å²) in [6.45, 7) is 3.86. The molecule has 2 aliphatic carbocycles. The van der Waals surface area contributed by atoms with E-state index >= 15 is 0 Å². The molecule has 16 nitrogen and oxygen atoms in total. The predicted molar refractivity (Wildman–Crippen MR) is 277 cm³/mol. The number of nitrogens with one attached hydrogen (secondary N) is 3. The van der Waals surface area contributed by atoms with Gasteiger partial charge in [-0.25, -0.2) is 29.9 Å². The van der Waals surface area contributed by atoms with Crippen LogP contribution in [0.25, 0.3) is 0 Å². The van der Waals surface area contributed by atoms with Gasteiger partial charge >= 0.3 is 0 Å². The summed E-state index contributed by atoms with van der Waals surface area (Å²) in [4.78, 5) is 40.6. The van der Waals surface area contributed by atoms with Crippen molar-refractivity contribution in [1.29, 1.82) is 0 Å². The van der Waals surface area contributed by atoms with Gasteiger partial charge in [-0.15, -0.1) is 0 Å². The molecule has 0 amide bonds. The summed E-state index contributed by atoms with van der Waals surface area (Å²) in [5.41, 5.74) is 0.975. The van der Waals surface area contributed by atoms with E-state index in [9.17, 15) is 18.6 Å². The zero-order valence-electron chi connectivity index (χ0n) is 35.2. The Labute approximate surface area is 423 Å². The summed E-state index contributed by atoms with van der Waals surface area (Å²) in [6.07, 6.45) is 17.8. The molecule has 2 unspecified atom stereocenters. The minimum Gasteiger partial charge on any atom is -0.394 e. The number of aliphatic hydroxyl groups is 2. The highest BCUT2D eigenvalue weighted by Crippen LogP contribution is 2.40. The molecule has 0 bridgehead atoms. The van der Waals surface area contributed by atoms with E-state index in [0.29, 0.717) is 68.7 Å². The second-order valence-electron chi connectivity index (χ2n) is 16.5. The van der Waals surface area contributed by atoms with Gasteiger partial charge in [-0.1, -0.05) is 68.1 Å². The van der Waals surface area contributed by atoms with Crippen LogP contribution in [0, 0.1) is 0 Å². The summed E-state index contributed by atoms with van der Waals surface area (Å²) in [5.74, 6) is 5.60. The number of hydrogen-bond donors (Lipinski definition) is 5. The molecule has 22 heteroatoms. The lowest BCUT2D eigenvalue weighted by atomic mass is 9.77. The van der Waals surface area contributed by atoms with Crippen LogP contribution in [-0.4, -0.2) is 125 Å². The maximum atomic E-state index is 12.6. The quantitative estimate of drug-likeness (QED) is 0.0610. The molecule has 66 heavy (non-hydrogen) atoms. The summed E-state index contributed by atoms with van der Waals surface area (Å²) in [7, 11) is -2.14. The van der Waals surface area contributed by atoms with E-state index < -0.39 is 21.6 Å². The average molecular weight is 1120 g/mol. The summed E-state index contributed by atoms with van der Waals surface area (Å²) >= 11 is 19.7. The van der Waals surface area contributed by atoms with Gasteiger partial charge in [0.15, 0.2) is 0 Å². The number of anilines is 3. The first-order chi connectivity index (χ1) is 30.6. The molecular weight excluding hydrogens is 1060 g/mol. The molecule has 4 aliphatic heterocycles. The molecule has 4 fully saturated rings. The van der Waals surface area contributed by atoms with Crippen LogP contribution in [0.1, 0.15) is 121 Å². The number of aromatic nitrogens is 8. The number of aryl methyl sites for hydroxylation is 2. The van der Waals surface area contributed by atoms with Crippen molar-refractivity contribution in [3.63, 3.8) is 0 Å². The van der Waals surface area contributed by atoms with Gasteiger partial charge in [-0.05, 0) is 93.8 Å². The van der Waals surface area contributed by atoms with Gasteiger partial charge in [0, 0.05) is 74.1 Å². The van der Waals surface area contributed by atoms with Gasteiger partial charge < -0.3 is 31.1 Å². The van der Waals surface area contributed by atoms with Crippen LogP contribution < -0.4 is 20.9 Å². The van der Waals surface area contributed by atoms with Crippen LogP contribution in [0.2, 0.25) is 15.3 Å². The zero-order chi connectivity index (χ0) is 44.6. The van der Waals surface area contributed by atoms with Crippen molar-refractivity contribution < 1.29 is 18.6 Å². The Bertz CT molecular complexity index is 2210. The maximum absolute atomic E-state index is 12.6. The smallest absolute Gasteiger partial charge is 0.227 e. The average Bonchev–Trinajstić information content (AvgIpc) is 3.86. The second-order valence-corrected chi connectivity index (χ2v) is 20.7. The van der Waals surface area contributed by atoms with Gasteiger partial charge in [0.05, 0.1) is 67.3 Å². The molecule has 2 saturated carbocycles. The van der Waals surface area contributed by atoms with E-state index in [1.54, 1.807) is 24.8 Å². The van der Waals surface area contributed by atoms with Crippen LogP contribution in [0.4, 0.5) is 17.6 Å². The van der Waals surface area contributed by atoms with E-state index in [-0.39, 0.29) is 51.9 Å². The van der Waals surface area contributed by atoms with Crippen molar-refractivity contribution in [2.24, 2.45) is 0 Å². The fraction of sp³-hybridized carbons (Fsp3) is 0.636. The van der Waals surface area contributed by atoms with Gasteiger partial charge in [-0.3, -0.25) is 8.42 Å². The minimum atomic E-state index is -1.08. The normalized spacial score (nSPS) is 21.0. The van der Waals surface area contributed by atoms with Crippen LogP contribution in [0.3, 0.4) is 0 Å². The highest BCUT2D eigenvalue weighted by molar-refractivity contribution is 14.1. The zero-order valence-corrected chi connectivity index (χ0v) is 41.2. The lowest BCUT2D eigenvalue weighted by molar-refractivity contribution is 0.143. The molecule has 4 aromatic rings. The number of halogens is 4. The van der Waals surface area contributed by atoms with E-state index in [2.05, 4.69) is 73.3 Å². The second kappa shape index (κ2) is 25.9. The Balaban J connectivity index is 0.000000226. The standard InChI is InChI=1S/C20H25ClN6O2S.C11H14ClN3O2S.C9H12ClN3.CH3I.3CH4/c21-14-10-22-17(23-11-14)13-2-7-27(8-3-13)19-24-15-4-9-30(29)16(15)18(25-19)26-20(12-28)5-1-6-20;12-10-13-7-2-5-18(17)8(7)9(14-10)15-11(6-16)3-1-4-11;10-8-5-12-9(13-6-8)7-1-3-11-4-2-7;1-2;;;/h10-11,13,28H,1-9,12H2,(H,24,25,26);16H,1-6H2,(H,13,14,15);5-7,11H,1-4H2;1H3;3*1H4. The first kappa shape index (κ1) is 56.1. The molecule has 366 valence electrons. The number of rotatable bonds is 9. The van der Waals surface area contributed by atoms with Crippen molar-refractivity contribution in [2.45, 2.75) is 132 Å². The molecule has 0 spiro atoms. The lowest BCUT2D eigenvalue weighted by Gasteiger charge is -2.42. The monoisotopic (exact) mass is 1120 g/mol. The fourth-order valence-electron chi connectivity index (χ4n) is 8.50. The van der Waals surface area contributed by atoms with Gasteiger partial charge in [0.2, 0.25) is 11.2 Å². The Kier molecular flexibility index (Phi) is 22.0. The molecule has 6 aliphatic rings. The minimum absolute atomic E-state index is 0. The van der Waals surface area contributed by atoms with Crippen LogP contribution >= 0.6 is 57.4 Å². The molecule has 8 heterocycles. The summed E-state index contributed by atoms with van der Waals surface area (Å²) in [5, 5.41) is 30.7. The Morgan fingerprint density at radius 1 is 0.682 bits per heavy atom. The SMILES string of the molecule is C.C.C.CI.Clc1cnc(C2CCNCC2)nc1.O=S1CCc2nc(Cl)nc(NC3(CO)CCC3)c21.O=S1CCc2nc(N3CCC(c4ncc(Cl)cn4)CC3)nc(NC3(CO)CCC3)c21. The van der Waals surface area contributed by atoms with Gasteiger partial charge in [-0.2, -0.15) is 9.97 Å². The van der Waals surface area contributed by atoms with E-state index in [0.717, 1.165) is 118 Å². The number of alkyl halides is 1. The third-order valence-corrected chi connectivity index (χ3v) is 15.9. The van der Waals surface area contributed by atoms with Crippen molar-refractivity contribution in [1.82, 2.24) is 45.2 Å². The topological polar surface area (TPSA) is 217 Å². The molecule has 2 saturated heterocycles. The third kappa shape index (κ3) is 13.4. The maximum Gasteiger partial charge on any atom is 0.227 e. The molecule has 0 aromatic carbocycles. The summed E-state index contributed by atoms with van der Waals surface area (Å²) < 4.78 is 24.5. The molecule has 4 aromatic heterocycles. The third-order valence-electron chi connectivity index (χ3n) is 12.5. The number of fused-ring (bicyclic) bond motifs is 2. The van der Waals surface area contributed by atoms with E-state index in [4.69, 9.17) is 44.8 Å². The largest absolute Gasteiger partial charge is 0.394 e. The van der Waals surface area contributed by atoms with Gasteiger partial charge in [0.25, 0.3) is 0 Å². The predicted octanol–water partition coefficient (Wildman–Crippen LogP) is 7.97. The van der Waals surface area contributed by atoms with Gasteiger partial charge in [0.1, 0.15) is 33.1 Å².